The van der Waals surface area contributed by atoms with Crippen LogP contribution < -0.4 is 10.2 Å². The summed E-state index contributed by atoms with van der Waals surface area (Å²) in [5, 5.41) is 16.8. The summed E-state index contributed by atoms with van der Waals surface area (Å²) < 4.78 is 29.7. The Balaban J connectivity index is 1.43. The van der Waals surface area contributed by atoms with Gasteiger partial charge in [0.2, 0.25) is 5.91 Å². The highest BCUT2D eigenvalue weighted by Gasteiger charge is 2.31. The topological polar surface area (TPSA) is 82.8 Å². The minimum atomic E-state index is -0.468. The number of hydrogen-bond donors (Lipinski definition) is 2. The number of benzene rings is 1. The van der Waals surface area contributed by atoms with Gasteiger partial charge >= 0.3 is 0 Å². The second-order valence-electron chi connectivity index (χ2n) is 8.28. The van der Waals surface area contributed by atoms with Crippen LogP contribution in [0.4, 0.5) is 20.3 Å². The van der Waals surface area contributed by atoms with E-state index in [0.29, 0.717) is 54.9 Å². The lowest BCUT2D eigenvalue weighted by Crippen LogP contribution is -2.25. The van der Waals surface area contributed by atoms with Crippen molar-refractivity contribution in [1.29, 1.82) is 0 Å². The van der Waals surface area contributed by atoms with Crippen molar-refractivity contribution in [3.05, 3.63) is 53.9 Å². The summed E-state index contributed by atoms with van der Waals surface area (Å²) in [5.74, 6) is -0.669. The van der Waals surface area contributed by atoms with E-state index in [2.05, 4.69) is 15.4 Å². The Morgan fingerprint density at radius 2 is 2.06 bits per heavy atom. The Morgan fingerprint density at radius 3 is 2.87 bits per heavy atom. The van der Waals surface area contributed by atoms with Gasteiger partial charge in [-0.2, -0.15) is 5.10 Å². The molecule has 2 fully saturated rings. The Hall–Kier alpha value is -3.07. The summed E-state index contributed by atoms with van der Waals surface area (Å²) >= 11 is 0. The van der Waals surface area contributed by atoms with Crippen molar-refractivity contribution < 1.29 is 18.7 Å². The zero-order chi connectivity index (χ0) is 21.5. The van der Waals surface area contributed by atoms with Crippen molar-refractivity contribution in [3.8, 4) is 0 Å². The Labute approximate surface area is 177 Å². The fourth-order valence-corrected chi connectivity index (χ4v) is 4.67. The summed E-state index contributed by atoms with van der Waals surface area (Å²) in [5.41, 5.74) is 1.29. The summed E-state index contributed by atoms with van der Waals surface area (Å²) in [6.45, 7) is 0.666. The minimum absolute atomic E-state index is 0.153. The van der Waals surface area contributed by atoms with E-state index in [1.807, 2.05) is 4.90 Å². The van der Waals surface area contributed by atoms with Crippen molar-refractivity contribution in [2.24, 2.45) is 5.92 Å². The maximum Gasteiger partial charge on any atom is 0.227 e. The molecule has 1 saturated heterocycles. The summed E-state index contributed by atoms with van der Waals surface area (Å²) in [7, 11) is 0. The molecule has 1 amide bonds. The number of fused-ring (bicyclic) bond motifs is 1. The van der Waals surface area contributed by atoms with Crippen LogP contribution in [0.1, 0.15) is 43.7 Å². The molecule has 0 spiro atoms. The highest BCUT2D eigenvalue weighted by Crippen LogP contribution is 2.37. The molecule has 162 valence electrons. The van der Waals surface area contributed by atoms with Crippen LogP contribution in [0.5, 0.6) is 0 Å². The number of aliphatic hydroxyl groups excluding tert-OH is 1. The van der Waals surface area contributed by atoms with Crippen molar-refractivity contribution in [2.75, 3.05) is 16.8 Å². The van der Waals surface area contributed by atoms with Gasteiger partial charge in [-0.05, 0) is 56.4 Å². The zero-order valence-electron chi connectivity index (χ0n) is 16.8. The summed E-state index contributed by atoms with van der Waals surface area (Å²) in [4.78, 5) is 19.2. The number of anilines is 2. The molecule has 0 radical (unpaired) electrons. The number of halogens is 2. The molecule has 3 atom stereocenters. The van der Waals surface area contributed by atoms with Gasteiger partial charge in [0.05, 0.1) is 18.3 Å². The van der Waals surface area contributed by atoms with Gasteiger partial charge in [-0.25, -0.2) is 18.3 Å². The van der Waals surface area contributed by atoms with Crippen LogP contribution in [0.3, 0.4) is 0 Å². The molecule has 1 aliphatic heterocycles. The number of nitrogens with zero attached hydrogens (tertiary/aromatic N) is 4. The molecule has 1 aliphatic carbocycles. The van der Waals surface area contributed by atoms with Crippen molar-refractivity contribution in [3.63, 3.8) is 0 Å². The molecule has 9 heteroatoms. The first-order valence-electron chi connectivity index (χ1n) is 10.5. The van der Waals surface area contributed by atoms with Gasteiger partial charge in [0, 0.05) is 24.2 Å². The first-order chi connectivity index (χ1) is 15.0. The van der Waals surface area contributed by atoms with Gasteiger partial charge in [-0.1, -0.05) is 0 Å². The van der Waals surface area contributed by atoms with Gasteiger partial charge in [-0.15, -0.1) is 0 Å². The lowest BCUT2D eigenvalue weighted by molar-refractivity contribution is -0.119. The maximum atomic E-state index is 14.4. The largest absolute Gasteiger partial charge is 0.393 e. The molecule has 0 bridgehead atoms. The van der Waals surface area contributed by atoms with Crippen molar-refractivity contribution in [1.82, 2.24) is 14.6 Å². The molecular formula is C22H23F2N5O2. The highest BCUT2D eigenvalue weighted by atomic mass is 19.1. The fourth-order valence-electron chi connectivity index (χ4n) is 4.67. The minimum Gasteiger partial charge on any atom is -0.393 e. The monoisotopic (exact) mass is 427 g/mol. The van der Waals surface area contributed by atoms with E-state index in [-0.39, 0.29) is 17.9 Å². The van der Waals surface area contributed by atoms with Crippen molar-refractivity contribution >= 4 is 23.1 Å². The normalized spacial score (nSPS) is 23.6. The third-order valence-electron chi connectivity index (χ3n) is 6.25. The van der Waals surface area contributed by atoms with E-state index in [9.17, 15) is 18.7 Å². The molecular weight excluding hydrogens is 404 g/mol. The Kier molecular flexibility index (Phi) is 5.05. The van der Waals surface area contributed by atoms with E-state index in [1.54, 1.807) is 23.0 Å². The summed E-state index contributed by atoms with van der Waals surface area (Å²) in [6, 6.07) is 4.99. The van der Waals surface area contributed by atoms with Gasteiger partial charge < -0.3 is 15.3 Å². The Morgan fingerprint density at radius 1 is 1.19 bits per heavy atom. The molecule has 31 heavy (non-hydrogen) atoms. The third kappa shape index (κ3) is 3.74. The molecule has 1 aromatic carbocycles. The maximum absolute atomic E-state index is 14.4. The smallest absolute Gasteiger partial charge is 0.227 e. The average Bonchev–Trinajstić information content (AvgIpc) is 3.49. The number of aromatic nitrogens is 3. The van der Waals surface area contributed by atoms with E-state index >= 15 is 0 Å². The SMILES string of the molecule is O=C(Nc1cnn2ccc(N3CCC[C@@H]3c3cc(F)ccc3F)nc12)[C@H]1CC[C@@H](O)C1. The summed E-state index contributed by atoms with van der Waals surface area (Å²) in [6.07, 6.45) is 6.12. The van der Waals surface area contributed by atoms with Gasteiger partial charge in [-0.3, -0.25) is 4.79 Å². The number of aliphatic hydroxyl groups is 1. The number of rotatable bonds is 4. The zero-order valence-corrected chi connectivity index (χ0v) is 16.8. The first-order valence-corrected chi connectivity index (χ1v) is 10.5. The first kappa shape index (κ1) is 19.9. The molecule has 3 heterocycles. The lowest BCUT2D eigenvalue weighted by Gasteiger charge is -2.26. The second-order valence-corrected chi connectivity index (χ2v) is 8.28. The van der Waals surface area contributed by atoms with E-state index in [1.165, 1.54) is 6.07 Å². The predicted molar refractivity (Wildman–Crippen MR) is 111 cm³/mol. The van der Waals surface area contributed by atoms with Crippen LogP contribution in [0.15, 0.2) is 36.7 Å². The van der Waals surface area contributed by atoms with Crippen LogP contribution in [0.2, 0.25) is 0 Å². The van der Waals surface area contributed by atoms with Crippen molar-refractivity contribution in [2.45, 2.75) is 44.2 Å². The van der Waals surface area contributed by atoms with Crippen LogP contribution >= 0.6 is 0 Å². The van der Waals surface area contributed by atoms with E-state index in [4.69, 9.17) is 0 Å². The number of amides is 1. The molecule has 2 N–H and O–H groups in total. The molecule has 5 rings (SSSR count). The van der Waals surface area contributed by atoms with E-state index in [0.717, 1.165) is 18.6 Å². The number of carbonyl (C=O) groups excluding carboxylic acids is 1. The average molecular weight is 427 g/mol. The molecule has 2 aliphatic rings. The molecule has 2 aromatic heterocycles. The number of carbonyl (C=O) groups is 1. The Bertz CT molecular complexity index is 1130. The molecule has 1 saturated carbocycles. The fraction of sp³-hybridized carbons (Fsp3) is 0.409. The standard InChI is InChI=1S/C22H23F2N5O2/c23-14-4-6-17(24)16(11-14)19-2-1-8-28(19)20-7-9-29-21(27-20)18(12-25-29)26-22(31)13-3-5-15(30)10-13/h4,6-7,9,11-13,15,19,30H,1-3,5,8,10H2,(H,26,31)/t13-,15+,19+/m0/s1. The number of nitrogens with one attached hydrogen (secondary N) is 1. The lowest BCUT2D eigenvalue weighted by atomic mass is 10.0. The quantitative estimate of drug-likeness (QED) is 0.667. The molecule has 7 nitrogen and oxygen atoms in total. The predicted octanol–water partition coefficient (Wildman–Crippen LogP) is 3.45. The molecule has 3 aromatic rings. The van der Waals surface area contributed by atoms with Gasteiger partial charge in [0.1, 0.15) is 23.1 Å². The van der Waals surface area contributed by atoms with Crippen LogP contribution in [0.25, 0.3) is 5.65 Å². The van der Waals surface area contributed by atoms with Gasteiger partial charge in [0.15, 0.2) is 5.65 Å². The second kappa shape index (κ2) is 7.88. The van der Waals surface area contributed by atoms with Crippen LogP contribution in [-0.2, 0) is 4.79 Å². The van der Waals surface area contributed by atoms with Gasteiger partial charge in [0.25, 0.3) is 0 Å². The van der Waals surface area contributed by atoms with Crippen LogP contribution in [0, 0.1) is 17.6 Å². The van der Waals surface area contributed by atoms with E-state index < -0.39 is 17.7 Å². The van der Waals surface area contributed by atoms with Crippen LogP contribution in [-0.4, -0.2) is 38.3 Å². The number of hydrogen-bond acceptors (Lipinski definition) is 5. The molecule has 0 unspecified atom stereocenters. The third-order valence-corrected chi connectivity index (χ3v) is 6.25. The highest BCUT2D eigenvalue weighted by molar-refractivity contribution is 5.95.